The van der Waals surface area contributed by atoms with Crippen LogP contribution in [0.2, 0.25) is 0 Å². The van der Waals surface area contributed by atoms with Gasteiger partial charge in [-0.05, 0) is 57.0 Å². The van der Waals surface area contributed by atoms with Gasteiger partial charge >= 0.3 is 0 Å². The Morgan fingerprint density at radius 1 is 1.33 bits per heavy atom. The average Bonchev–Trinajstić information content (AvgIpc) is 2.86. The van der Waals surface area contributed by atoms with Gasteiger partial charge in [0, 0.05) is 23.8 Å². The topological polar surface area (TPSA) is 59.0 Å². The Morgan fingerprint density at radius 3 is 2.67 bits per heavy atom. The predicted molar refractivity (Wildman–Crippen MR) is 97.9 cm³/mol. The molecule has 0 saturated carbocycles. The Labute approximate surface area is 149 Å². The second-order valence-corrected chi connectivity index (χ2v) is 6.30. The summed E-state index contributed by atoms with van der Waals surface area (Å²) in [4.78, 5) is 12.3. The lowest BCUT2D eigenvalue weighted by atomic mass is 10.1. The summed E-state index contributed by atoms with van der Waals surface area (Å²) in [5.41, 5.74) is 4.04. The molecule has 1 atom stereocenters. The van der Waals surface area contributed by atoms with Crippen molar-refractivity contribution in [3.8, 4) is 0 Å². The third kappa shape index (κ3) is 4.58. The second-order valence-electron chi connectivity index (χ2n) is 6.30. The first-order valence-corrected chi connectivity index (χ1v) is 8.23. The van der Waals surface area contributed by atoms with Gasteiger partial charge < -0.3 is 10.6 Å². The minimum absolute atomic E-state index is 0. The van der Waals surface area contributed by atoms with Crippen LogP contribution in [-0.4, -0.2) is 34.8 Å². The number of piperidine rings is 1. The molecule has 0 unspecified atom stereocenters. The first-order chi connectivity index (χ1) is 11.1. The van der Waals surface area contributed by atoms with E-state index >= 15 is 0 Å². The highest BCUT2D eigenvalue weighted by molar-refractivity contribution is 5.94. The number of hydrogen-bond donors (Lipinski definition) is 2. The fraction of sp³-hybridized carbons (Fsp3) is 0.444. The van der Waals surface area contributed by atoms with Crippen LogP contribution in [0.1, 0.15) is 40.2 Å². The summed E-state index contributed by atoms with van der Waals surface area (Å²) < 4.78 is 1.98. The van der Waals surface area contributed by atoms with Gasteiger partial charge in [-0.1, -0.05) is 12.1 Å². The highest BCUT2D eigenvalue weighted by Gasteiger charge is 2.16. The Balaban J connectivity index is 0.00000208. The first-order valence-electron chi connectivity index (χ1n) is 8.23. The molecule has 130 valence electrons. The number of aromatic nitrogens is 2. The molecule has 1 amide bonds. The lowest BCUT2D eigenvalue weighted by molar-refractivity contribution is 0.0930. The Hall–Kier alpha value is -1.85. The van der Waals surface area contributed by atoms with E-state index in [0.29, 0.717) is 5.56 Å². The third-order valence-corrected chi connectivity index (χ3v) is 4.28. The van der Waals surface area contributed by atoms with Gasteiger partial charge in [0.2, 0.25) is 0 Å². The van der Waals surface area contributed by atoms with Gasteiger partial charge in [0.15, 0.2) is 0 Å². The summed E-state index contributed by atoms with van der Waals surface area (Å²) >= 11 is 0. The predicted octanol–water partition coefficient (Wildman–Crippen LogP) is 2.45. The molecule has 0 bridgehead atoms. The Kier molecular flexibility index (Phi) is 6.40. The molecule has 24 heavy (non-hydrogen) atoms. The number of halogens is 1. The third-order valence-electron chi connectivity index (χ3n) is 4.28. The van der Waals surface area contributed by atoms with Crippen LogP contribution in [0.25, 0.3) is 0 Å². The molecule has 1 aliphatic heterocycles. The summed E-state index contributed by atoms with van der Waals surface area (Å²) in [5, 5.41) is 10.9. The van der Waals surface area contributed by atoms with E-state index in [1.165, 1.54) is 0 Å². The normalized spacial score (nSPS) is 17.2. The van der Waals surface area contributed by atoms with Crippen LogP contribution in [0.3, 0.4) is 0 Å². The Bertz CT molecular complexity index is 675. The maximum atomic E-state index is 12.3. The molecule has 1 saturated heterocycles. The molecule has 5 nitrogen and oxygen atoms in total. The van der Waals surface area contributed by atoms with Crippen molar-refractivity contribution in [3.05, 3.63) is 52.8 Å². The van der Waals surface area contributed by atoms with Gasteiger partial charge in [-0.25, -0.2) is 0 Å². The first kappa shape index (κ1) is 18.5. The maximum Gasteiger partial charge on any atom is 0.251 e. The molecule has 0 aliphatic carbocycles. The SMILES string of the molecule is Cc1cc(C)n(Cc2ccc(C(=O)N[C@H]3CCCNC3)cc2)n1.Cl. The van der Waals surface area contributed by atoms with Crippen LogP contribution >= 0.6 is 12.4 Å². The largest absolute Gasteiger partial charge is 0.348 e. The molecule has 2 heterocycles. The summed E-state index contributed by atoms with van der Waals surface area (Å²) in [6, 6.07) is 10.1. The van der Waals surface area contributed by atoms with E-state index in [4.69, 9.17) is 0 Å². The van der Waals surface area contributed by atoms with E-state index in [1.807, 2.05) is 35.9 Å². The molecular weight excluding hydrogens is 324 g/mol. The second kappa shape index (κ2) is 8.31. The summed E-state index contributed by atoms with van der Waals surface area (Å²) in [6.45, 7) is 6.69. The molecule has 2 N–H and O–H groups in total. The number of hydrogen-bond acceptors (Lipinski definition) is 3. The van der Waals surface area contributed by atoms with E-state index in [-0.39, 0.29) is 24.4 Å². The summed E-state index contributed by atoms with van der Waals surface area (Å²) in [7, 11) is 0. The number of carbonyl (C=O) groups is 1. The van der Waals surface area contributed by atoms with Crippen molar-refractivity contribution in [1.29, 1.82) is 0 Å². The van der Waals surface area contributed by atoms with E-state index in [0.717, 1.165) is 49.4 Å². The van der Waals surface area contributed by atoms with Gasteiger partial charge in [0.1, 0.15) is 0 Å². The zero-order valence-corrected chi connectivity index (χ0v) is 15.0. The van der Waals surface area contributed by atoms with Crippen LogP contribution < -0.4 is 10.6 Å². The van der Waals surface area contributed by atoms with Crippen molar-refractivity contribution in [2.24, 2.45) is 0 Å². The molecule has 1 fully saturated rings. The van der Waals surface area contributed by atoms with Gasteiger partial charge in [-0.3, -0.25) is 9.48 Å². The standard InChI is InChI=1S/C18H24N4O.ClH/c1-13-10-14(2)22(21-13)12-15-5-7-16(8-6-15)18(23)20-17-4-3-9-19-11-17;/h5-8,10,17,19H,3-4,9,11-12H2,1-2H3,(H,20,23);1H/t17-;/m0./s1. The lowest BCUT2D eigenvalue weighted by Crippen LogP contribution is -2.45. The molecule has 1 aromatic heterocycles. The number of benzene rings is 1. The molecule has 3 rings (SSSR count). The molecular formula is C18H25ClN4O. The fourth-order valence-electron chi connectivity index (χ4n) is 3.01. The van der Waals surface area contributed by atoms with Crippen molar-refractivity contribution in [2.45, 2.75) is 39.3 Å². The smallest absolute Gasteiger partial charge is 0.251 e. The zero-order valence-electron chi connectivity index (χ0n) is 14.2. The molecule has 0 spiro atoms. The number of aryl methyl sites for hydroxylation is 2. The summed E-state index contributed by atoms with van der Waals surface area (Å²) in [5.74, 6) is 0.0105. The molecule has 2 aromatic rings. The Morgan fingerprint density at radius 2 is 2.08 bits per heavy atom. The number of nitrogens with zero attached hydrogens (tertiary/aromatic N) is 2. The van der Waals surface area contributed by atoms with Gasteiger partial charge in [0.25, 0.3) is 5.91 Å². The van der Waals surface area contributed by atoms with Crippen molar-refractivity contribution in [2.75, 3.05) is 13.1 Å². The van der Waals surface area contributed by atoms with Crippen LogP contribution in [0, 0.1) is 13.8 Å². The van der Waals surface area contributed by atoms with Crippen LogP contribution in [0.15, 0.2) is 30.3 Å². The number of nitrogens with one attached hydrogen (secondary N) is 2. The fourth-order valence-corrected chi connectivity index (χ4v) is 3.01. The van der Waals surface area contributed by atoms with Crippen LogP contribution in [0.4, 0.5) is 0 Å². The maximum absolute atomic E-state index is 12.3. The van der Waals surface area contributed by atoms with E-state index in [1.54, 1.807) is 0 Å². The van der Waals surface area contributed by atoms with Crippen LogP contribution in [-0.2, 0) is 6.54 Å². The van der Waals surface area contributed by atoms with Crippen molar-refractivity contribution in [1.82, 2.24) is 20.4 Å². The van der Waals surface area contributed by atoms with Crippen molar-refractivity contribution in [3.63, 3.8) is 0 Å². The van der Waals surface area contributed by atoms with Crippen LogP contribution in [0.5, 0.6) is 0 Å². The minimum atomic E-state index is 0. The van der Waals surface area contributed by atoms with E-state index < -0.39 is 0 Å². The van der Waals surface area contributed by atoms with E-state index in [9.17, 15) is 4.79 Å². The van der Waals surface area contributed by atoms with Gasteiger partial charge in [0.05, 0.1) is 12.2 Å². The van der Waals surface area contributed by atoms with Crippen molar-refractivity contribution >= 4 is 18.3 Å². The molecule has 1 aromatic carbocycles. The zero-order chi connectivity index (χ0) is 16.2. The lowest BCUT2D eigenvalue weighted by Gasteiger charge is -2.23. The molecule has 0 radical (unpaired) electrons. The minimum Gasteiger partial charge on any atom is -0.348 e. The van der Waals surface area contributed by atoms with Crippen molar-refractivity contribution < 1.29 is 4.79 Å². The summed E-state index contributed by atoms with van der Waals surface area (Å²) in [6.07, 6.45) is 2.17. The highest BCUT2D eigenvalue weighted by Crippen LogP contribution is 2.10. The van der Waals surface area contributed by atoms with Gasteiger partial charge in [-0.2, -0.15) is 5.10 Å². The quantitative estimate of drug-likeness (QED) is 0.892. The number of carbonyl (C=O) groups excluding carboxylic acids is 1. The van der Waals surface area contributed by atoms with Gasteiger partial charge in [-0.15, -0.1) is 12.4 Å². The number of rotatable bonds is 4. The van der Waals surface area contributed by atoms with E-state index in [2.05, 4.69) is 28.7 Å². The average molecular weight is 349 g/mol. The monoisotopic (exact) mass is 348 g/mol. The molecule has 6 heteroatoms. The highest BCUT2D eigenvalue weighted by atomic mass is 35.5. The molecule has 1 aliphatic rings. The number of amides is 1.